The van der Waals surface area contributed by atoms with Crippen molar-refractivity contribution in [1.29, 1.82) is 0 Å². The topological polar surface area (TPSA) is 56.1 Å². The number of methoxy groups -OCH3 is 1. The van der Waals surface area contributed by atoms with Crippen molar-refractivity contribution in [3.63, 3.8) is 0 Å². The van der Waals surface area contributed by atoms with E-state index in [1.165, 1.54) is 29.4 Å². The summed E-state index contributed by atoms with van der Waals surface area (Å²) in [5, 5.41) is 3.33. The predicted octanol–water partition coefficient (Wildman–Crippen LogP) is 4.86. The van der Waals surface area contributed by atoms with E-state index < -0.39 is 5.97 Å². The molecule has 28 heavy (non-hydrogen) atoms. The van der Waals surface area contributed by atoms with E-state index in [9.17, 15) is 4.79 Å². The Morgan fingerprint density at radius 1 is 1.25 bits per heavy atom. The zero-order valence-electron chi connectivity index (χ0n) is 17.4. The van der Waals surface area contributed by atoms with Gasteiger partial charge in [-0.05, 0) is 44.4 Å². The van der Waals surface area contributed by atoms with Crippen LogP contribution in [0.1, 0.15) is 32.7 Å². The number of benzene rings is 1. The summed E-state index contributed by atoms with van der Waals surface area (Å²) < 4.78 is 7.04. The van der Waals surface area contributed by atoms with Crippen molar-refractivity contribution in [3.8, 4) is 11.1 Å². The SMILES string of the molecule is C=CCNc1c(C(=O)OC)c(C)nc2c(-c3c(C)cc(C)cc3C)cn(C)c12. The largest absolute Gasteiger partial charge is 0.465 e. The van der Waals surface area contributed by atoms with Crippen LogP contribution < -0.4 is 5.32 Å². The number of nitrogens with zero attached hydrogens (tertiary/aromatic N) is 2. The van der Waals surface area contributed by atoms with Gasteiger partial charge in [0, 0.05) is 25.4 Å². The van der Waals surface area contributed by atoms with Gasteiger partial charge < -0.3 is 14.6 Å². The average Bonchev–Trinajstić information content (AvgIpc) is 2.94. The molecule has 0 atom stereocenters. The first kappa shape index (κ1) is 19.7. The van der Waals surface area contributed by atoms with Crippen LogP contribution in [0.5, 0.6) is 0 Å². The van der Waals surface area contributed by atoms with E-state index in [0.717, 1.165) is 22.3 Å². The van der Waals surface area contributed by atoms with Gasteiger partial charge in [0.05, 0.1) is 29.5 Å². The van der Waals surface area contributed by atoms with Crippen molar-refractivity contribution in [3.05, 3.63) is 58.9 Å². The monoisotopic (exact) mass is 377 g/mol. The molecular formula is C23H27N3O2. The van der Waals surface area contributed by atoms with Gasteiger partial charge in [-0.1, -0.05) is 23.8 Å². The van der Waals surface area contributed by atoms with Crippen molar-refractivity contribution < 1.29 is 9.53 Å². The van der Waals surface area contributed by atoms with E-state index in [4.69, 9.17) is 9.72 Å². The Hall–Kier alpha value is -3.08. The lowest BCUT2D eigenvalue weighted by Crippen LogP contribution is -2.13. The van der Waals surface area contributed by atoms with E-state index in [1.807, 2.05) is 18.5 Å². The van der Waals surface area contributed by atoms with E-state index in [1.54, 1.807) is 6.08 Å². The molecule has 146 valence electrons. The maximum absolute atomic E-state index is 12.5. The number of anilines is 1. The van der Waals surface area contributed by atoms with E-state index in [-0.39, 0.29) is 0 Å². The number of nitrogens with one attached hydrogen (secondary N) is 1. The van der Waals surface area contributed by atoms with Crippen LogP contribution in [0.3, 0.4) is 0 Å². The lowest BCUT2D eigenvalue weighted by molar-refractivity contribution is 0.0600. The van der Waals surface area contributed by atoms with Crippen molar-refractivity contribution in [2.45, 2.75) is 27.7 Å². The number of rotatable bonds is 5. The summed E-state index contributed by atoms with van der Waals surface area (Å²) in [6, 6.07) is 4.38. The Labute approximate surface area is 166 Å². The smallest absolute Gasteiger partial charge is 0.341 e. The fourth-order valence-corrected chi connectivity index (χ4v) is 4.03. The van der Waals surface area contributed by atoms with E-state index in [0.29, 0.717) is 17.8 Å². The minimum absolute atomic E-state index is 0.399. The van der Waals surface area contributed by atoms with Crippen LogP contribution in [0.4, 0.5) is 5.69 Å². The third-order valence-electron chi connectivity index (χ3n) is 5.04. The summed E-state index contributed by atoms with van der Waals surface area (Å²) in [6.45, 7) is 12.5. The van der Waals surface area contributed by atoms with Gasteiger partial charge >= 0.3 is 5.97 Å². The van der Waals surface area contributed by atoms with Crippen LogP contribution in [-0.4, -0.2) is 29.2 Å². The summed E-state index contributed by atoms with van der Waals surface area (Å²) in [5.74, 6) is -0.399. The molecule has 5 heteroatoms. The summed E-state index contributed by atoms with van der Waals surface area (Å²) in [7, 11) is 3.36. The Bertz CT molecular complexity index is 1070. The van der Waals surface area contributed by atoms with Crippen LogP contribution in [0.25, 0.3) is 22.2 Å². The fourth-order valence-electron chi connectivity index (χ4n) is 4.03. The second kappa shape index (κ2) is 7.50. The van der Waals surface area contributed by atoms with Crippen molar-refractivity contribution in [1.82, 2.24) is 9.55 Å². The minimum atomic E-state index is -0.399. The second-order valence-corrected chi connectivity index (χ2v) is 7.23. The first-order valence-corrected chi connectivity index (χ1v) is 9.31. The molecule has 0 aliphatic rings. The predicted molar refractivity (Wildman–Crippen MR) is 115 cm³/mol. The van der Waals surface area contributed by atoms with Crippen LogP contribution in [0, 0.1) is 27.7 Å². The number of hydrogen-bond acceptors (Lipinski definition) is 4. The average molecular weight is 377 g/mol. The zero-order chi connectivity index (χ0) is 20.6. The highest BCUT2D eigenvalue weighted by Gasteiger charge is 2.24. The number of carbonyl (C=O) groups excluding carboxylic acids is 1. The number of pyridine rings is 1. The Balaban J connectivity index is 2.40. The molecule has 0 bridgehead atoms. The quantitative estimate of drug-likeness (QED) is 0.510. The molecule has 0 aliphatic carbocycles. The molecule has 0 saturated heterocycles. The van der Waals surface area contributed by atoms with Crippen LogP contribution >= 0.6 is 0 Å². The second-order valence-electron chi connectivity index (χ2n) is 7.23. The number of esters is 1. The van der Waals surface area contributed by atoms with Gasteiger partial charge in [-0.25, -0.2) is 9.78 Å². The fraction of sp³-hybridized carbons (Fsp3) is 0.304. The number of fused-ring (bicyclic) bond motifs is 1. The lowest BCUT2D eigenvalue weighted by Gasteiger charge is -2.15. The molecule has 1 N–H and O–H groups in total. The summed E-state index contributed by atoms with van der Waals surface area (Å²) in [5.41, 5.74) is 9.48. The van der Waals surface area contributed by atoms with Crippen LogP contribution in [0.2, 0.25) is 0 Å². The molecule has 0 spiro atoms. The normalized spacial score (nSPS) is 10.9. The van der Waals surface area contributed by atoms with Gasteiger partial charge in [-0.2, -0.15) is 0 Å². The number of aryl methyl sites for hydroxylation is 5. The lowest BCUT2D eigenvalue weighted by atomic mass is 9.94. The standard InChI is InChI=1S/C23H27N3O2/c1-8-9-24-21-19(23(27)28-7)16(5)25-20-17(12-26(6)22(20)21)18-14(3)10-13(2)11-15(18)4/h8,10-12H,1,9H2,2-7H3,(H,24,25). The van der Waals surface area contributed by atoms with Crippen molar-refractivity contribution in [2.75, 3.05) is 19.0 Å². The van der Waals surface area contributed by atoms with Gasteiger partial charge in [0.25, 0.3) is 0 Å². The Morgan fingerprint density at radius 2 is 1.89 bits per heavy atom. The number of ether oxygens (including phenoxy) is 1. The van der Waals surface area contributed by atoms with Crippen molar-refractivity contribution in [2.24, 2.45) is 7.05 Å². The molecule has 0 fully saturated rings. The Kier molecular flexibility index (Phi) is 5.27. The minimum Gasteiger partial charge on any atom is -0.465 e. The van der Waals surface area contributed by atoms with Gasteiger partial charge in [0.1, 0.15) is 5.56 Å². The number of carbonyl (C=O) groups is 1. The molecule has 0 amide bonds. The molecule has 2 aromatic heterocycles. The first-order valence-electron chi connectivity index (χ1n) is 9.31. The zero-order valence-corrected chi connectivity index (χ0v) is 17.4. The highest BCUT2D eigenvalue weighted by atomic mass is 16.5. The molecule has 3 rings (SSSR count). The molecule has 1 aromatic carbocycles. The summed E-state index contributed by atoms with van der Waals surface area (Å²) in [4.78, 5) is 17.3. The van der Waals surface area contributed by atoms with Crippen LogP contribution in [-0.2, 0) is 11.8 Å². The molecule has 2 heterocycles. The van der Waals surface area contributed by atoms with E-state index >= 15 is 0 Å². The van der Waals surface area contributed by atoms with Crippen LogP contribution in [0.15, 0.2) is 31.0 Å². The molecule has 0 saturated carbocycles. The molecule has 5 nitrogen and oxygen atoms in total. The van der Waals surface area contributed by atoms with Gasteiger partial charge in [-0.15, -0.1) is 6.58 Å². The molecule has 0 aliphatic heterocycles. The highest BCUT2D eigenvalue weighted by molar-refractivity contribution is 6.09. The third kappa shape index (κ3) is 3.17. The molecule has 0 unspecified atom stereocenters. The molecule has 3 aromatic rings. The van der Waals surface area contributed by atoms with Gasteiger partial charge in [-0.3, -0.25) is 0 Å². The van der Waals surface area contributed by atoms with Gasteiger partial charge in [0.15, 0.2) is 0 Å². The summed E-state index contributed by atoms with van der Waals surface area (Å²) >= 11 is 0. The summed E-state index contributed by atoms with van der Waals surface area (Å²) in [6.07, 6.45) is 3.85. The molecule has 0 radical (unpaired) electrons. The Morgan fingerprint density at radius 3 is 2.46 bits per heavy atom. The van der Waals surface area contributed by atoms with E-state index in [2.05, 4.69) is 51.0 Å². The first-order chi connectivity index (χ1) is 13.3. The number of hydrogen-bond donors (Lipinski definition) is 1. The van der Waals surface area contributed by atoms with Crippen molar-refractivity contribution >= 4 is 22.7 Å². The highest BCUT2D eigenvalue weighted by Crippen LogP contribution is 2.38. The maximum atomic E-state index is 12.5. The maximum Gasteiger partial charge on any atom is 0.341 e. The third-order valence-corrected chi connectivity index (χ3v) is 5.04. The molecular weight excluding hydrogens is 350 g/mol. The number of aromatic nitrogens is 2. The van der Waals surface area contributed by atoms with Gasteiger partial charge in [0.2, 0.25) is 0 Å².